The summed E-state index contributed by atoms with van der Waals surface area (Å²) in [4.78, 5) is 12.7. The molecule has 0 atom stereocenters. The zero-order valence-electron chi connectivity index (χ0n) is 14.7. The maximum Gasteiger partial charge on any atom is 0.152 e. The van der Waals surface area contributed by atoms with Gasteiger partial charge in [0.05, 0.1) is 18.7 Å². The number of H-pyrrole nitrogens is 1. The van der Waals surface area contributed by atoms with Gasteiger partial charge in [0, 0.05) is 31.3 Å². The number of nitrogens with zero attached hydrogens (tertiary/aromatic N) is 4. The van der Waals surface area contributed by atoms with E-state index in [1.54, 1.807) is 0 Å². The predicted octanol–water partition coefficient (Wildman–Crippen LogP) is 3.14. The van der Waals surface area contributed by atoms with Crippen molar-refractivity contribution in [3.8, 4) is 0 Å². The highest BCUT2D eigenvalue weighted by Gasteiger charge is 2.22. The topological polar surface area (TPSA) is 40.1 Å². The van der Waals surface area contributed by atoms with Crippen LogP contribution in [0, 0.1) is 6.92 Å². The highest BCUT2D eigenvalue weighted by molar-refractivity contribution is 5.81. The Morgan fingerprint density at radius 2 is 2.08 bits per heavy atom. The van der Waals surface area contributed by atoms with Gasteiger partial charge in [0.2, 0.25) is 0 Å². The lowest BCUT2D eigenvalue weighted by Crippen LogP contribution is -2.38. The number of hydrogen-bond acceptors (Lipinski definition) is 3. The molecule has 0 saturated carbocycles. The average molecular weight is 323 g/mol. The van der Waals surface area contributed by atoms with Crippen LogP contribution in [-0.2, 0) is 19.5 Å². The van der Waals surface area contributed by atoms with Gasteiger partial charge in [-0.1, -0.05) is 12.1 Å². The van der Waals surface area contributed by atoms with Crippen molar-refractivity contribution in [2.24, 2.45) is 0 Å². The third-order valence-electron chi connectivity index (χ3n) is 4.84. The zero-order valence-corrected chi connectivity index (χ0v) is 14.7. The highest BCUT2D eigenvalue weighted by atomic mass is 15.4. The molecule has 0 radical (unpaired) electrons. The molecule has 0 fully saturated rings. The van der Waals surface area contributed by atoms with Gasteiger partial charge in [-0.2, -0.15) is 0 Å². The first kappa shape index (κ1) is 15.3. The lowest BCUT2D eigenvalue weighted by atomic mass is 10.2. The molecule has 0 aliphatic carbocycles. The van der Waals surface area contributed by atoms with E-state index in [0.29, 0.717) is 0 Å². The molecule has 126 valence electrons. The van der Waals surface area contributed by atoms with Crippen LogP contribution >= 0.6 is 0 Å². The highest BCUT2D eigenvalue weighted by Crippen LogP contribution is 2.24. The predicted molar refractivity (Wildman–Crippen MR) is 98.3 cm³/mol. The van der Waals surface area contributed by atoms with Crippen LogP contribution in [-0.4, -0.2) is 40.2 Å². The van der Waals surface area contributed by atoms with Gasteiger partial charge in [-0.25, -0.2) is 4.98 Å². The first-order chi connectivity index (χ1) is 11.6. The molecule has 1 aromatic carbocycles. The van der Waals surface area contributed by atoms with Gasteiger partial charge in [-0.15, -0.1) is 0 Å². The summed E-state index contributed by atoms with van der Waals surface area (Å²) < 4.78 is 2.31. The number of aromatic amines is 1. The van der Waals surface area contributed by atoms with Gasteiger partial charge in [0.25, 0.3) is 0 Å². The number of rotatable bonds is 4. The number of hydrogen-bond donors (Lipinski definition) is 1. The van der Waals surface area contributed by atoms with Crippen LogP contribution in [0.4, 0.5) is 5.82 Å². The smallest absolute Gasteiger partial charge is 0.152 e. The number of aromatic nitrogens is 3. The average Bonchev–Trinajstić information content (AvgIpc) is 3.11. The third kappa shape index (κ3) is 2.80. The van der Waals surface area contributed by atoms with Crippen LogP contribution in [0.3, 0.4) is 0 Å². The first-order valence-electron chi connectivity index (χ1n) is 8.62. The van der Waals surface area contributed by atoms with E-state index in [0.717, 1.165) is 38.4 Å². The molecule has 2 aromatic heterocycles. The van der Waals surface area contributed by atoms with Gasteiger partial charge in [0.15, 0.2) is 5.82 Å². The largest absolute Gasteiger partial charge is 0.358 e. The first-order valence-corrected chi connectivity index (χ1v) is 8.62. The van der Waals surface area contributed by atoms with Gasteiger partial charge >= 0.3 is 0 Å². The zero-order chi connectivity index (χ0) is 16.7. The minimum atomic E-state index is 0.943. The maximum atomic E-state index is 4.60. The Kier molecular flexibility index (Phi) is 3.81. The second-order valence-electron chi connectivity index (χ2n) is 7.05. The van der Waals surface area contributed by atoms with Gasteiger partial charge in [-0.05, 0) is 49.9 Å². The fraction of sp³-hybridized carbons (Fsp3) is 0.421. The fourth-order valence-electron chi connectivity index (χ4n) is 3.68. The van der Waals surface area contributed by atoms with E-state index in [9.17, 15) is 0 Å². The minimum absolute atomic E-state index is 0.943. The van der Waals surface area contributed by atoms with E-state index in [1.807, 2.05) is 6.33 Å². The molecule has 1 aliphatic rings. The SMILES string of the molecule is Cc1ccc2cc(CCCn3cnc4c3CN(C)CN4C)[nH]c2c1. The normalized spacial score (nSPS) is 15.2. The van der Waals surface area contributed by atoms with E-state index in [4.69, 9.17) is 0 Å². The molecule has 5 nitrogen and oxygen atoms in total. The number of aryl methyl sites for hydroxylation is 3. The van der Waals surface area contributed by atoms with E-state index >= 15 is 0 Å². The molecule has 4 rings (SSSR count). The van der Waals surface area contributed by atoms with Crippen molar-refractivity contribution in [2.45, 2.75) is 32.9 Å². The van der Waals surface area contributed by atoms with Crippen molar-refractivity contribution in [3.63, 3.8) is 0 Å². The van der Waals surface area contributed by atoms with Crippen LogP contribution in [0.2, 0.25) is 0 Å². The van der Waals surface area contributed by atoms with Gasteiger partial charge < -0.3 is 14.5 Å². The Hall–Kier alpha value is -2.27. The maximum absolute atomic E-state index is 4.60. The van der Waals surface area contributed by atoms with Crippen molar-refractivity contribution in [1.29, 1.82) is 0 Å². The molecule has 24 heavy (non-hydrogen) atoms. The Morgan fingerprint density at radius 1 is 1.21 bits per heavy atom. The Balaban J connectivity index is 1.44. The van der Waals surface area contributed by atoms with Crippen molar-refractivity contribution in [1.82, 2.24) is 19.4 Å². The Morgan fingerprint density at radius 3 is 2.96 bits per heavy atom. The van der Waals surface area contributed by atoms with Crippen molar-refractivity contribution in [2.75, 3.05) is 25.7 Å². The summed E-state index contributed by atoms with van der Waals surface area (Å²) >= 11 is 0. The van der Waals surface area contributed by atoms with E-state index < -0.39 is 0 Å². The molecular formula is C19H25N5. The molecule has 0 spiro atoms. The second kappa shape index (κ2) is 5.98. The van der Waals surface area contributed by atoms with Crippen LogP contribution < -0.4 is 4.90 Å². The lowest BCUT2D eigenvalue weighted by Gasteiger charge is -2.31. The molecule has 0 bridgehead atoms. The summed E-state index contributed by atoms with van der Waals surface area (Å²) in [5, 5.41) is 1.30. The third-order valence-corrected chi connectivity index (χ3v) is 4.84. The van der Waals surface area contributed by atoms with Gasteiger partial charge in [-0.3, -0.25) is 4.90 Å². The number of imidazole rings is 1. The van der Waals surface area contributed by atoms with E-state index in [2.05, 4.69) is 69.6 Å². The number of benzene rings is 1. The van der Waals surface area contributed by atoms with Crippen LogP contribution in [0.5, 0.6) is 0 Å². The van der Waals surface area contributed by atoms with Crippen molar-refractivity contribution < 1.29 is 0 Å². The molecule has 1 aliphatic heterocycles. The minimum Gasteiger partial charge on any atom is -0.358 e. The van der Waals surface area contributed by atoms with Crippen LogP contribution in [0.1, 0.15) is 23.4 Å². The summed E-state index contributed by atoms with van der Waals surface area (Å²) in [6.45, 7) is 5.07. The second-order valence-corrected chi connectivity index (χ2v) is 7.05. The molecule has 3 heterocycles. The summed E-state index contributed by atoms with van der Waals surface area (Å²) in [5.74, 6) is 1.13. The number of fused-ring (bicyclic) bond motifs is 2. The molecular weight excluding hydrogens is 298 g/mol. The molecule has 5 heteroatoms. The molecule has 1 N–H and O–H groups in total. The fourth-order valence-corrected chi connectivity index (χ4v) is 3.68. The Labute approximate surface area is 142 Å². The standard InChI is InChI=1S/C19H25N5/c1-14-6-7-15-10-16(21-17(15)9-14)5-4-8-24-12-20-19-18(24)11-22(2)13-23(19)3/h6-7,9-10,12,21H,4-5,8,11,13H2,1-3H3. The summed E-state index contributed by atoms with van der Waals surface area (Å²) in [7, 11) is 4.27. The van der Waals surface area contributed by atoms with Gasteiger partial charge in [0.1, 0.15) is 0 Å². The quantitative estimate of drug-likeness (QED) is 0.802. The Bertz CT molecular complexity index is 860. The summed E-state index contributed by atoms with van der Waals surface area (Å²) in [6, 6.07) is 8.86. The van der Waals surface area contributed by atoms with Crippen molar-refractivity contribution in [3.05, 3.63) is 47.5 Å². The number of anilines is 1. The molecule has 3 aromatic rings. The molecule has 0 amide bonds. The van der Waals surface area contributed by atoms with E-state index in [1.165, 1.54) is 27.9 Å². The van der Waals surface area contributed by atoms with Crippen LogP contribution in [0.25, 0.3) is 10.9 Å². The molecule has 0 saturated heterocycles. The summed E-state index contributed by atoms with van der Waals surface area (Å²) in [6.07, 6.45) is 4.17. The number of nitrogens with one attached hydrogen (secondary N) is 1. The lowest BCUT2D eigenvalue weighted by molar-refractivity contribution is 0.304. The molecule has 0 unspecified atom stereocenters. The van der Waals surface area contributed by atoms with Crippen molar-refractivity contribution >= 4 is 16.7 Å². The monoisotopic (exact) mass is 323 g/mol. The summed E-state index contributed by atoms with van der Waals surface area (Å²) in [5.41, 5.74) is 5.19. The van der Waals surface area contributed by atoms with E-state index in [-0.39, 0.29) is 0 Å². The van der Waals surface area contributed by atoms with Crippen LogP contribution in [0.15, 0.2) is 30.6 Å².